The molecule has 0 aromatic heterocycles. The second-order valence-corrected chi connectivity index (χ2v) is 4.31. The van der Waals surface area contributed by atoms with Gasteiger partial charge in [-0.25, -0.2) is 0 Å². The lowest BCUT2D eigenvalue weighted by Crippen LogP contribution is -2.33. The van der Waals surface area contributed by atoms with Crippen LogP contribution in [0, 0.1) is 6.92 Å². The van der Waals surface area contributed by atoms with Crippen molar-refractivity contribution in [3.05, 3.63) is 35.4 Å². The van der Waals surface area contributed by atoms with E-state index in [2.05, 4.69) is 50.4 Å². The van der Waals surface area contributed by atoms with Gasteiger partial charge in [-0.3, -0.25) is 0 Å². The first-order valence-corrected chi connectivity index (χ1v) is 5.34. The van der Waals surface area contributed by atoms with E-state index in [1.165, 1.54) is 11.1 Å². The third-order valence-corrected chi connectivity index (χ3v) is 3.06. The molecule has 0 saturated carbocycles. The molecule has 0 aliphatic heterocycles. The fourth-order valence-corrected chi connectivity index (χ4v) is 1.84. The molecule has 78 valence electrons. The molecule has 14 heavy (non-hydrogen) atoms. The summed E-state index contributed by atoms with van der Waals surface area (Å²) < 4.78 is 0. The predicted molar refractivity (Wildman–Crippen MR) is 62.7 cm³/mol. The van der Waals surface area contributed by atoms with Gasteiger partial charge in [0.2, 0.25) is 0 Å². The van der Waals surface area contributed by atoms with Crippen molar-refractivity contribution >= 4 is 0 Å². The normalized spacial score (nSPS) is 15.1. The Hall–Kier alpha value is -0.820. The van der Waals surface area contributed by atoms with Crippen molar-refractivity contribution in [1.82, 2.24) is 5.32 Å². The standard InChI is InChI=1S/C13H21N/c1-5-13(3,10-14-4)12-8-6-7-11(2)9-12/h6-9,14H,5,10H2,1-4H3. The number of likely N-dealkylation sites (N-methyl/N-ethyl adjacent to an activating group) is 1. The Morgan fingerprint density at radius 2 is 2.07 bits per heavy atom. The Kier molecular flexibility index (Phi) is 3.70. The van der Waals surface area contributed by atoms with Crippen LogP contribution in [0.2, 0.25) is 0 Å². The summed E-state index contributed by atoms with van der Waals surface area (Å²) in [5, 5.41) is 3.28. The van der Waals surface area contributed by atoms with E-state index in [1.807, 2.05) is 7.05 Å². The van der Waals surface area contributed by atoms with E-state index in [0.29, 0.717) is 0 Å². The third kappa shape index (κ3) is 2.36. The molecule has 0 fully saturated rings. The fourth-order valence-electron chi connectivity index (χ4n) is 1.84. The van der Waals surface area contributed by atoms with Gasteiger partial charge in [-0.1, -0.05) is 43.7 Å². The molecule has 1 unspecified atom stereocenters. The lowest BCUT2D eigenvalue weighted by atomic mass is 9.79. The molecule has 0 bridgehead atoms. The third-order valence-electron chi connectivity index (χ3n) is 3.06. The molecule has 0 aliphatic rings. The van der Waals surface area contributed by atoms with Crippen molar-refractivity contribution in [3.8, 4) is 0 Å². The molecule has 1 aromatic carbocycles. The van der Waals surface area contributed by atoms with Gasteiger partial charge in [0.1, 0.15) is 0 Å². The van der Waals surface area contributed by atoms with Crippen LogP contribution in [0.15, 0.2) is 24.3 Å². The molecule has 0 saturated heterocycles. The van der Waals surface area contributed by atoms with E-state index in [1.54, 1.807) is 0 Å². The van der Waals surface area contributed by atoms with Crippen LogP contribution in [0.4, 0.5) is 0 Å². The molecule has 0 aliphatic carbocycles. The second kappa shape index (κ2) is 4.61. The van der Waals surface area contributed by atoms with E-state index in [4.69, 9.17) is 0 Å². The van der Waals surface area contributed by atoms with Crippen LogP contribution in [0.25, 0.3) is 0 Å². The summed E-state index contributed by atoms with van der Waals surface area (Å²) in [7, 11) is 2.02. The molecular weight excluding hydrogens is 170 g/mol. The van der Waals surface area contributed by atoms with Gasteiger partial charge in [-0.05, 0) is 26.0 Å². The minimum Gasteiger partial charge on any atom is -0.319 e. The van der Waals surface area contributed by atoms with Gasteiger partial charge in [-0.2, -0.15) is 0 Å². The van der Waals surface area contributed by atoms with Crippen molar-refractivity contribution < 1.29 is 0 Å². The maximum Gasteiger partial charge on any atom is 0.00469 e. The van der Waals surface area contributed by atoms with Crippen molar-refractivity contribution in [2.24, 2.45) is 0 Å². The summed E-state index contributed by atoms with van der Waals surface area (Å²) in [5.41, 5.74) is 3.05. The Bertz CT molecular complexity index is 293. The summed E-state index contributed by atoms with van der Waals surface area (Å²) in [5.74, 6) is 0. The van der Waals surface area contributed by atoms with E-state index in [9.17, 15) is 0 Å². The lowest BCUT2D eigenvalue weighted by molar-refractivity contribution is 0.433. The van der Waals surface area contributed by atoms with Crippen molar-refractivity contribution in [1.29, 1.82) is 0 Å². The van der Waals surface area contributed by atoms with Gasteiger partial charge in [0.05, 0.1) is 0 Å². The van der Waals surface area contributed by atoms with Gasteiger partial charge in [0.15, 0.2) is 0 Å². The highest BCUT2D eigenvalue weighted by Gasteiger charge is 2.23. The largest absolute Gasteiger partial charge is 0.319 e. The summed E-state index contributed by atoms with van der Waals surface area (Å²) in [6.07, 6.45) is 1.16. The quantitative estimate of drug-likeness (QED) is 0.771. The van der Waals surface area contributed by atoms with Gasteiger partial charge in [-0.15, -0.1) is 0 Å². The highest BCUT2D eigenvalue weighted by molar-refractivity contribution is 5.29. The summed E-state index contributed by atoms with van der Waals surface area (Å²) in [4.78, 5) is 0. The Labute approximate surface area is 87.5 Å². The first-order chi connectivity index (χ1) is 6.62. The predicted octanol–water partition coefficient (Wildman–Crippen LogP) is 2.88. The van der Waals surface area contributed by atoms with Crippen molar-refractivity contribution in [2.75, 3.05) is 13.6 Å². The van der Waals surface area contributed by atoms with E-state index < -0.39 is 0 Å². The summed E-state index contributed by atoms with van der Waals surface area (Å²) in [6.45, 7) is 7.75. The minimum atomic E-state index is 0.265. The van der Waals surface area contributed by atoms with Crippen LogP contribution >= 0.6 is 0 Å². The Morgan fingerprint density at radius 1 is 1.36 bits per heavy atom. The van der Waals surface area contributed by atoms with E-state index in [-0.39, 0.29) is 5.41 Å². The smallest absolute Gasteiger partial charge is 0.00469 e. The van der Waals surface area contributed by atoms with Gasteiger partial charge < -0.3 is 5.32 Å². The topological polar surface area (TPSA) is 12.0 Å². The molecule has 1 atom stereocenters. The average molecular weight is 191 g/mol. The number of rotatable bonds is 4. The molecule has 0 amide bonds. The van der Waals surface area contributed by atoms with E-state index in [0.717, 1.165) is 13.0 Å². The zero-order valence-electron chi connectivity index (χ0n) is 9.72. The highest BCUT2D eigenvalue weighted by atomic mass is 14.8. The molecule has 1 nitrogen and oxygen atoms in total. The SMILES string of the molecule is CCC(C)(CNC)c1cccc(C)c1. The van der Waals surface area contributed by atoms with Crippen LogP contribution in [0.3, 0.4) is 0 Å². The molecule has 1 N–H and O–H groups in total. The molecule has 1 aromatic rings. The van der Waals surface area contributed by atoms with Gasteiger partial charge in [0, 0.05) is 12.0 Å². The van der Waals surface area contributed by atoms with Crippen LogP contribution in [-0.2, 0) is 5.41 Å². The van der Waals surface area contributed by atoms with Crippen LogP contribution in [-0.4, -0.2) is 13.6 Å². The summed E-state index contributed by atoms with van der Waals surface area (Å²) >= 11 is 0. The maximum absolute atomic E-state index is 3.28. The lowest BCUT2D eigenvalue weighted by Gasteiger charge is -2.29. The number of hydrogen-bond acceptors (Lipinski definition) is 1. The number of benzene rings is 1. The number of nitrogens with one attached hydrogen (secondary N) is 1. The minimum absolute atomic E-state index is 0.265. The van der Waals surface area contributed by atoms with Crippen molar-refractivity contribution in [2.45, 2.75) is 32.6 Å². The summed E-state index contributed by atoms with van der Waals surface area (Å²) in [6, 6.07) is 8.82. The molecular formula is C13H21N. The Balaban J connectivity index is 2.99. The highest BCUT2D eigenvalue weighted by Crippen LogP contribution is 2.27. The first kappa shape index (κ1) is 11.3. The van der Waals surface area contributed by atoms with Crippen LogP contribution < -0.4 is 5.32 Å². The molecule has 0 heterocycles. The van der Waals surface area contributed by atoms with Gasteiger partial charge >= 0.3 is 0 Å². The molecule has 1 rings (SSSR count). The Morgan fingerprint density at radius 3 is 2.57 bits per heavy atom. The number of hydrogen-bond donors (Lipinski definition) is 1. The van der Waals surface area contributed by atoms with Crippen LogP contribution in [0.5, 0.6) is 0 Å². The monoisotopic (exact) mass is 191 g/mol. The first-order valence-electron chi connectivity index (χ1n) is 5.34. The van der Waals surface area contributed by atoms with E-state index >= 15 is 0 Å². The number of aryl methyl sites for hydroxylation is 1. The van der Waals surface area contributed by atoms with Crippen LogP contribution in [0.1, 0.15) is 31.4 Å². The van der Waals surface area contributed by atoms with Gasteiger partial charge in [0.25, 0.3) is 0 Å². The second-order valence-electron chi connectivity index (χ2n) is 4.31. The fraction of sp³-hybridized carbons (Fsp3) is 0.538. The molecule has 0 spiro atoms. The zero-order chi connectivity index (χ0) is 10.6. The zero-order valence-corrected chi connectivity index (χ0v) is 9.72. The average Bonchev–Trinajstić information content (AvgIpc) is 2.18. The maximum atomic E-state index is 3.28. The van der Waals surface area contributed by atoms with Crippen molar-refractivity contribution in [3.63, 3.8) is 0 Å². The molecule has 1 heteroatoms. The molecule has 0 radical (unpaired) electrons.